The van der Waals surface area contributed by atoms with Crippen LogP contribution in [0.25, 0.3) is 11.3 Å². The van der Waals surface area contributed by atoms with Crippen LogP contribution < -0.4 is 10.1 Å². The number of rotatable bonds is 7. The molecule has 138 valence electrons. The molecular weight excluding hydrogens is 386 g/mol. The van der Waals surface area contributed by atoms with Gasteiger partial charge in [0.15, 0.2) is 11.7 Å². The molecule has 0 saturated heterocycles. The second-order valence-electron chi connectivity index (χ2n) is 5.35. The number of carbonyl (C=O) groups excluding carboxylic acids is 1. The van der Waals surface area contributed by atoms with Crippen LogP contribution in [-0.4, -0.2) is 28.7 Å². The number of thioether (sulfide) groups is 1. The quantitative estimate of drug-likeness (QED) is 0.357. The van der Waals surface area contributed by atoms with Crippen molar-refractivity contribution in [2.24, 2.45) is 0 Å². The lowest BCUT2D eigenvalue weighted by molar-refractivity contribution is -0.384. The number of nitro benzene ring substituents is 1. The van der Waals surface area contributed by atoms with E-state index in [1.54, 1.807) is 11.8 Å². The molecule has 0 aliphatic heterocycles. The van der Waals surface area contributed by atoms with Crippen molar-refractivity contribution in [1.82, 2.24) is 4.98 Å². The summed E-state index contributed by atoms with van der Waals surface area (Å²) in [6, 6.07) is 13.6. The number of carbonyl (C=O) groups is 1. The number of nitrogens with zero attached hydrogens (tertiary/aromatic N) is 2. The standard InChI is InChI=1S/C18H15N3O4S2/c1-26-15-8-2-12(3-9-15)16-11-27-18(19-16)20-17(22)10-25-14-6-4-13(5-7-14)21(23)24/h2-9,11H,10H2,1H3,(H,19,20,22). The zero-order chi connectivity index (χ0) is 19.2. The van der Waals surface area contributed by atoms with Crippen molar-refractivity contribution in [1.29, 1.82) is 0 Å². The van der Waals surface area contributed by atoms with Gasteiger partial charge in [0.25, 0.3) is 11.6 Å². The van der Waals surface area contributed by atoms with Crippen LogP contribution in [0.3, 0.4) is 0 Å². The van der Waals surface area contributed by atoms with Crippen molar-refractivity contribution in [2.75, 3.05) is 18.2 Å². The molecule has 1 amide bonds. The lowest BCUT2D eigenvalue weighted by Gasteiger charge is -2.05. The van der Waals surface area contributed by atoms with Crippen LogP contribution in [0.5, 0.6) is 5.75 Å². The van der Waals surface area contributed by atoms with Gasteiger partial charge in [0, 0.05) is 28.0 Å². The van der Waals surface area contributed by atoms with E-state index in [2.05, 4.69) is 10.3 Å². The number of hydrogen-bond acceptors (Lipinski definition) is 7. The first-order chi connectivity index (χ1) is 13.0. The molecule has 0 saturated carbocycles. The summed E-state index contributed by atoms with van der Waals surface area (Å²) in [6.07, 6.45) is 2.02. The largest absolute Gasteiger partial charge is 0.484 e. The normalized spacial score (nSPS) is 10.4. The first-order valence-electron chi connectivity index (χ1n) is 7.82. The Hall–Kier alpha value is -2.91. The van der Waals surface area contributed by atoms with Crippen LogP contribution in [0.2, 0.25) is 0 Å². The minimum atomic E-state index is -0.495. The molecule has 9 heteroatoms. The number of benzene rings is 2. The molecule has 0 fully saturated rings. The van der Waals surface area contributed by atoms with E-state index in [1.807, 2.05) is 35.9 Å². The number of thiazole rings is 1. The van der Waals surface area contributed by atoms with Crippen LogP contribution in [-0.2, 0) is 4.79 Å². The highest BCUT2D eigenvalue weighted by Gasteiger charge is 2.10. The fraction of sp³-hybridized carbons (Fsp3) is 0.111. The molecule has 7 nitrogen and oxygen atoms in total. The number of anilines is 1. The molecule has 0 radical (unpaired) electrons. The molecule has 1 aromatic heterocycles. The van der Waals surface area contributed by atoms with Crippen molar-refractivity contribution < 1.29 is 14.5 Å². The fourth-order valence-electron chi connectivity index (χ4n) is 2.19. The van der Waals surface area contributed by atoms with Gasteiger partial charge in [-0.25, -0.2) is 4.98 Å². The maximum atomic E-state index is 12.0. The summed E-state index contributed by atoms with van der Waals surface area (Å²) in [7, 11) is 0. The third-order valence-corrected chi connectivity index (χ3v) is 5.06. The lowest BCUT2D eigenvalue weighted by atomic mass is 10.2. The van der Waals surface area contributed by atoms with Crippen LogP contribution >= 0.6 is 23.1 Å². The molecule has 0 unspecified atom stereocenters. The highest BCUT2D eigenvalue weighted by atomic mass is 32.2. The third-order valence-electron chi connectivity index (χ3n) is 3.55. The number of aromatic nitrogens is 1. The van der Waals surface area contributed by atoms with Crippen molar-refractivity contribution in [2.45, 2.75) is 4.90 Å². The van der Waals surface area contributed by atoms with E-state index in [0.717, 1.165) is 11.3 Å². The molecule has 2 aromatic carbocycles. The zero-order valence-electron chi connectivity index (χ0n) is 14.2. The first-order valence-corrected chi connectivity index (χ1v) is 9.92. The summed E-state index contributed by atoms with van der Waals surface area (Å²) in [5.74, 6) is 0.0245. The Kier molecular flexibility index (Phi) is 6.05. The first kappa shape index (κ1) is 18.9. The Morgan fingerprint density at radius 3 is 2.56 bits per heavy atom. The van der Waals surface area contributed by atoms with E-state index in [4.69, 9.17) is 4.74 Å². The summed E-state index contributed by atoms with van der Waals surface area (Å²) in [5, 5.41) is 15.7. The van der Waals surface area contributed by atoms with Crippen molar-refractivity contribution in [3.8, 4) is 17.0 Å². The summed E-state index contributed by atoms with van der Waals surface area (Å²) < 4.78 is 5.33. The topological polar surface area (TPSA) is 94.4 Å². The van der Waals surface area contributed by atoms with Crippen LogP contribution in [0, 0.1) is 10.1 Å². The van der Waals surface area contributed by atoms with Crippen molar-refractivity contribution in [3.63, 3.8) is 0 Å². The molecule has 1 N–H and O–H groups in total. The highest BCUT2D eigenvalue weighted by molar-refractivity contribution is 7.98. The SMILES string of the molecule is CSc1ccc(-c2csc(NC(=O)COc3ccc([N+](=O)[O-])cc3)n2)cc1. The smallest absolute Gasteiger partial charge is 0.269 e. The minimum Gasteiger partial charge on any atom is -0.484 e. The number of nitro groups is 1. The minimum absolute atomic E-state index is 0.0346. The van der Waals surface area contributed by atoms with Gasteiger partial charge in [-0.15, -0.1) is 23.1 Å². The van der Waals surface area contributed by atoms with E-state index < -0.39 is 4.92 Å². The molecule has 3 aromatic rings. The van der Waals surface area contributed by atoms with Gasteiger partial charge in [-0.2, -0.15) is 0 Å². The Bertz CT molecular complexity index is 940. The third kappa shape index (κ3) is 5.05. The van der Waals surface area contributed by atoms with Gasteiger partial charge < -0.3 is 4.74 Å². The Morgan fingerprint density at radius 2 is 1.93 bits per heavy atom. The predicted octanol–water partition coefficient (Wildman–Crippen LogP) is 4.46. The Balaban J connectivity index is 1.55. The molecule has 0 spiro atoms. The van der Waals surface area contributed by atoms with Gasteiger partial charge in [0.2, 0.25) is 0 Å². The van der Waals surface area contributed by atoms with Gasteiger partial charge in [-0.3, -0.25) is 20.2 Å². The summed E-state index contributed by atoms with van der Waals surface area (Å²) >= 11 is 3.00. The van der Waals surface area contributed by atoms with Crippen molar-refractivity contribution >= 4 is 39.8 Å². The number of nitrogens with one attached hydrogen (secondary N) is 1. The zero-order valence-corrected chi connectivity index (χ0v) is 15.9. The van der Waals surface area contributed by atoms with Gasteiger partial charge in [0.1, 0.15) is 5.75 Å². The predicted molar refractivity (Wildman–Crippen MR) is 107 cm³/mol. The van der Waals surface area contributed by atoms with Gasteiger partial charge in [-0.1, -0.05) is 12.1 Å². The molecule has 0 bridgehead atoms. The maximum Gasteiger partial charge on any atom is 0.269 e. The van der Waals surface area contributed by atoms with Crippen molar-refractivity contribution in [3.05, 3.63) is 64.0 Å². The van der Waals surface area contributed by atoms with Gasteiger partial charge in [-0.05, 0) is 30.5 Å². The van der Waals surface area contributed by atoms with E-state index in [0.29, 0.717) is 10.9 Å². The lowest BCUT2D eigenvalue weighted by Crippen LogP contribution is -2.20. The fourth-order valence-corrected chi connectivity index (χ4v) is 3.34. The molecule has 0 atom stereocenters. The van der Waals surface area contributed by atoms with E-state index in [9.17, 15) is 14.9 Å². The number of non-ortho nitro benzene ring substituents is 1. The monoisotopic (exact) mass is 401 g/mol. The van der Waals surface area contributed by atoms with E-state index >= 15 is 0 Å². The average Bonchev–Trinajstić information content (AvgIpc) is 3.15. The average molecular weight is 401 g/mol. The highest BCUT2D eigenvalue weighted by Crippen LogP contribution is 2.26. The van der Waals surface area contributed by atoms with E-state index in [-0.39, 0.29) is 18.2 Å². The number of ether oxygens (including phenoxy) is 1. The van der Waals surface area contributed by atoms with Crippen LogP contribution in [0.1, 0.15) is 0 Å². The maximum absolute atomic E-state index is 12.0. The summed E-state index contributed by atoms with van der Waals surface area (Å²) in [6.45, 7) is -0.213. The molecule has 0 aliphatic carbocycles. The summed E-state index contributed by atoms with van der Waals surface area (Å²) in [4.78, 5) is 27.7. The Labute approximate surface area is 163 Å². The molecular formula is C18H15N3O4S2. The van der Waals surface area contributed by atoms with Gasteiger partial charge >= 0.3 is 0 Å². The Morgan fingerprint density at radius 1 is 1.22 bits per heavy atom. The van der Waals surface area contributed by atoms with E-state index in [1.165, 1.54) is 40.5 Å². The number of hydrogen-bond donors (Lipinski definition) is 1. The van der Waals surface area contributed by atoms with Crippen LogP contribution in [0.15, 0.2) is 58.8 Å². The van der Waals surface area contributed by atoms with Gasteiger partial charge in [0.05, 0.1) is 10.6 Å². The molecule has 3 rings (SSSR count). The second-order valence-corrected chi connectivity index (χ2v) is 7.09. The molecule has 27 heavy (non-hydrogen) atoms. The summed E-state index contributed by atoms with van der Waals surface area (Å²) in [5.41, 5.74) is 1.73. The second kappa shape index (κ2) is 8.65. The molecule has 1 heterocycles. The molecule has 0 aliphatic rings. The van der Waals surface area contributed by atoms with Crippen LogP contribution in [0.4, 0.5) is 10.8 Å². The number of amides is 1.